The standard InChI is InChI=1S/C10H11FO/c1-7-10-3-2-9(11)6-8(10)4-5-12-7/h2-3,6-7H,4-5H2,1H3. The summed E-state index contributed by atoms with van der Waals surface area (Å²) < 4.78 is 18.2. The zero-order chi connectivity index (χ0) is 8.55. The first-order chi connectivity index (χ1) is 5.77. The molecule has 0 radical (unpaired) electrons. The lowest BCUT2D eigenvalue weighted by Gasteiger charge is -2.22. The Labute approximate surface area is 71.2 Å². The first-order valence-electron chi connectivity index (χ1n) is 4.17. The number of benzene rings is 1. The van der Waals surface area contributed by atoms with Gasteiger partial charge in [0.1, 0.15) is 5.82 Å². The zero-order valence-corrected chi connectivity index (χ0v) is 7.01. The summed E-state index contributed by atoms with van der Waals surface area (Å²) in [7, 11) is 0. The van der Waals surface area contributed by atoms with Gasteiger partial charge in [-0.1, -0.05) is 6.07 Å². The van der Waals surface area contributed by atoms with E-state index in [1.54, 1.807) is 6.07 Å². The number of halogens is 1. The van der Waals surface area contributed by atoms with Gasteiger partial charge in [0.2, 0.25) is 0 Å². The molecule has 1 aliphatic heterocycles. The van der Waals surface area contributed by atoms with Crippen LogP contribution < -0.4 is 0 Å². The Morgan fingerprint density at radius 3 is 3.17 bits per heavy atom. The third kappa shape index (κ3) is 1.23. The van der Waals surface area contributed by atoms with Gasteiger partial charge in [0.25, 0.3) is 0 Å². The molecule has 1 aliphatic rings. The fourth-order valence-electron chi connectivity index (χ4n) is 1.62. The Balaban J connectivity index is 2.46. The van der Waals surface area contributed by atoms with E-state index < -0.39 is 0 Å². The van der Waals surface area contributed by atoms with E-state index in [9.17, 15) is 4.39 Å². The lowest BCUT2D eigenvalue weighted by atomic mass is 9.98. The summed E-state index contributed by atoms with van der Waals surface area (Å²) in [5, 5.41) is 0. The van der Waals surface area contributed by atoms with Gasteiger partial charge in [0.15, 0.2) is 0 Å². The fraction of sp³-hybridized carbons (Fsp3) is 0.400. The van der Waals surface area contributed by atoms with E-state index in [-0.39, 0.29) is 11.9 Å². The number of fused-ring (bicyclic) bond motifs is 1. The van der Waals surface area contributed by atoms with E-state index in [1.165, 1.54) is 6.07 Å². The number of hydrogen-bond acceptors (Lipinski definition) is 1. The molecule has 1 aromatic rings. The van der Waals surface area contributed by atoms with Gasteiger partial charge in [-0.15, -0.1) is 0 Å². The second-order valence-electron chi connectivity index (χ2n) is 3.11. The molecule has 0 aromatic heterocycles. The molecule has 0 saturated carbocycles. The van der Waals surface area contributed by atoms with Gasteiger partial charge < -0.3 is 4.74 Å². The molecule has 1 aromatic carbocycles. The Bertz CT molecular complexity index is 296. The molecule has 0 saturated heterocycles. The molecule has 0 N–H and O–H groups in total. The summed E-state index contributed by atoms with van der Waals surface area (Å²) in [6, 6.07) is 4.91. The predicted octanol–water partition coefficient (Wildman–Crippen LogP) is 2.46. The van der Waals surface area contributed by atoms with Crippen LogP contribution in [0.25, 0.3) is 0 Å². The third-order valence-corrected chi connectivity index (χ3v) is 2.28. The highest BCUT2D eigenvalue weighted by atomic mass is 19.1. The molecule has 2 rings (SSSR count). The Morgan fingerprint density at radius 1 is 1.50 bits per heavy atom. The van der Waals surface area contributed by atoms with Crippen LogP contribution in [0.3, 0.4) is 0 Å². The van der Waals surface area contributed by atoms with Crippen LogP contribution in [-0.2, 0) is 11.2 Å². The van der Waals surface area contributed by atoms with Crippen LogP contribution in [0, 0.1) is 5.82 Å². The minimum absolute atomic E-state index is 0.120. The van der Waals surface area contributed by atoms with E-state index in [0.717, 1.165) is 17.5 Å². The highest BCUT2D eigenvalue weighted by Crippen LogP contribution is 2.26. The topological polar surface area (TPSA) is 9.23 Å². The monoisotopic (exact) mass is 166 g/mol. The Kier molecular flexibility index (Phi) is 1.85. The molecule has 0 aliphatic carbocycles. The average Bonchev–Trinajstić information content (AvgIpc) is 2.04. The maximum atomic E-state index is 12.8. The van der Waals surface area contributed by atoms with E-state index in [0.29, 0.717) is 6.61 Å². The molecule has 0 amide bonds. The van der Waals surface area contributed by atoms with Crippen molar-refractivity contribution in [1.29, 1.82) is 0 Å². The molecular weight excluding hydrogens is 155 g/mol. The van der Waals surface area contributed by atoms with Crippen molar-refractivity contribution in [2.75, 3.05) is 6.61 Å². The first kappa shape index (κ1) is 7.74. The van der Waals surface area contributed by atoms with E-state index in [4.69, 9.17) is 4.74 Å². The van der Waals surface area contributed by atoms with Crippen LogP contribution in [0.15, 0.2) is 18.2 Å². The van der Waals surface area contributed by atoms with Crippen molar-refractivity contribution < 1.29 is 9.13 Å². The minimum Gasteiger partial charge on any atom is -0.373 e. The van der Waals surface area contributed by atoms with Crippen LogP contribution in [0.1, 0.15) is 24.2 Å². The molecule has 0 fully saturated rings. The molecule has 1 nitrogen and oxygen atoms in total. The molecule has 1 heterocycles. The summed E-state index contributed by atoms with van der Waals surface area (Å²) in [6.45, 7) is 2.70. The fourth-order valence-corrected chi connectivity index (χ4v) is 1.62. The molecule has 1 unspecified atom stereocenters. The van der Waals surface area contributed by atoms with Gasteiger partial charge in [-0.2, -0.15) is 0 Å². The number of ether oxygens (including phenoxy) is 1. The van der Waals surface area contributed by atoms with Gasteiger partial charge in [-0.25, -0.2) is 4.39 Å². The summed E-state index contributed by atoms with van der Waals surface area (Å²) in [6.07, 6.45) is 0.951. The van der Waals surface area contributed by atoms with Gasteiger partial charge in [-0.05, 0) is 36.6 Å². The highest BCUT2D eigenvalue weighted by molar-refractivity contribution is 5.31. The second-order valence-corrected chi connectivity index (χ2v) is 3.11. The molecule has 0 bridgehead atoms. The summed E-state index contributed by atoms with van der Waals surface area (Å²) >= 11 is 0. The SMILES string of the molecule is CC1OCCc2cc(F)ccc21. The van der Waals surface area contributed by atoms with Crippen LogP contribution in [0.4, 0.5) is 4.39 Å². The van der Waals surface area contributed by atoms with Crippen molar-refractivity contribution >= 4 is 0 Å². The Hall–Kier alpha value is -0.890. The van der Waals surface area contributed by atoms with Crippen LogP contribution in [0.2, 0.25) is 0 Å². The van der Waals surface area contributed by atoms with Gasteiger partial charge >= 0.3 is 0 Å². The summed E-state index contributed by atoms with van der Waals surface area (Å²) in [5.41, 5.74) is 2.22. The van der Waals surface area contributed by atoms with Crippen LogP contribution in [0.5, 0.6) is 0 Å². The van der Waals surface area contributed by atoms with Crippen molar-refractivity contribution in [2.24, 2.45) is 0 Å². The zero-order valence-electron chi connectivity index (χ0n) is 7.01. The maximum absolute atomic E-state index is 12.8. The van der Waals surface area contributed by atoms with Crippen molar-refractivity contribution in [1.82, 2.24) is 0 Å². The smallest absolute Gasteiger partial charge is 0.123 e. The summed E-state index contributed by atoms with van der Waals surface area (Å²) in [4.78, 5) is 0. The lowest BCUT2D eigenvalue weighted by molar-refractivity contribution is 0.0554. The minimum atomic E-state index is -0.150. The van der Waals surface area contributed by atoms with Gasteiger partial charge in [0, 0.05) is 0 Å². The van der Waals surface area contributed by atoms with Crippen LogP contribution >= 0.6 is 0 Å². The van der Waals surface area contributed by atoms with Crippen molar-refractivity contribution in [3.8, 4) is 0 Å². The molecule has 64 valence electrons. The second kappa shape index (κ2) is 2.87. The van der Waals surface area contributed by atoms with Crippen LogP contribution in [-0.4, -0.2) is 6.61 Å². The molecule has 1 atom stereocenters. The molecular formula is C10H11FO. The third-order valence-electron chi connectivity index (χ3n) is 2.28. The quantitative estimate of drug-likeness (QED) is 0.575. The van der Waals surface area contributed by atoms with Crippen molar-refractivity contribution in [3.05, 3.63) is 35.1 Å². The van der Waals surface area contributed by atoms with E-state index in [2.05, 4.69) is 0 Å². The largest absolute Gasteiger partial charge is 0.373 e. The predicted molar refractivity (Wildman–Crippen MR) is 44.5 cm³/mol. The van der Waals surface area contributed by atoms with Gasteiger partial charge in [0.05, 0.1) is 12.7 Å². The van der Waals surface area contributed by atoms with Crippen molar-refractivity contribution in [2.45, 2.75) is 19.4 Å². The normalized spacial score (nSPS) is 22.0. The lowest BCUT2D eigenvalue weighted by Crippen LogP contribution is -2.13. The number of hydrogen-bond donors (Lipinski definition) is 0. The molecule has 0 spiro atoms. The average molecular weight is 166 g/mol. The van der Waals surface area contributed by atoms with Gasteiger partial charge in [-0.3, -0.25) is 0 Å². The first-order valence-corrected chi connectivity index (χ1v) is 4.17. The molecule has 12 heavy (non-hydrogen) atoms. The Morgan fingerprint density at radius 2 is 2.33 bits per heavy atom. The maximum Gasteiger partial charge on any atom is 0.123 e. The highest BCUT2D eigenvalue weighted by Gasteiger charge is 2.16. The van der Waals surface area contributed by atoms with Crippen molar-refractivity contribution in [3.63, 3.8) is 0 Å². The van der Waals surface area contributed by atoms with E-state index in [1.807, 2.05) is 13.0 Å². The summed E-state index contributed by atoms with van der Waals surface area (Å²) in [5.74, 6) is -0.150. The molecule has 2 heteroatoms. The van der Waals surface area contributed by atoms with E-state index >= 15 is 0 Å². The number of rotatable bonds is 0.